The lowest BCUT2D eigenvalue weighted by Crippen LogP contribution is -2.44. The highest BCUT2D eigenvalue weighted by Gasteiger charge is 2.51. The first-order valence-corrected chi connectivity index (χ1v) is 21.9. The van der Waals surface area contributed by atoms with Gasteiger partial charge in [0.15, 0.2) is 23.8 Å². The Bertz CT molecular complexity index is 2070. The fourth-order valence-corrected chi connectivity index (χ4v) is 9.39. The Morgan fingerprint density at radius 3 is 2.48 bits per heavy atom. The van der Waals surface area contributed by atoms with E-state index in [1.54, 1.807) is 6.26 Å². The number of aliphatic hydroxyl groups is 1. The summed E-state index contributed by atoms with van der Waals surface area (Å²) in [7, 11) is -7.71. The van der Waals surface area contributed by atoms with Gasteiger partial charge in [0.25, 0.3) is 0 Å². The minimum absolute atomic E-state index is 0.00818. The lowest BCUT2D eigenvalue weighted by atomic mass is 9.89. The molecule has 5 heterocycles. The van der Waals surface area contributed by atoms with Crippen molar-refractivity contribution in [2.45, 2.75) is 61.6 Å². The van der Waals surface area contributed by atoms with Gasteiger partial charge in [-0.2, -0.15) is 4.98 Å². The Morgan fingerprint density at radius 1 is 1.12 bits per heavy atom. The molecular weight excluding hydrogens is 828 g/mol. The van der Waals surface area contributed by atoms with Crippen molar-refractivity contribution in [1.29, 1.82) is 0 Å². The van der Waals surface area contributed by atoms with Crippen LogP contribution in [-0.2, 0) is 46.5 Å². The van der Waals surface area contributed by atoms with Crippen LogP contribution >= 0.6 is 37.2 Å². The number of anilines is 2. The number of nitrogen functional groups attached to an aromatic ring is 2. The minimum atomic E-state index is -5.20. The van der Waals surface area contributed by atoms with Crippen LogP contribution in [0.25, 0.3) is 11.2 Å². The summed E-state index contributed by atoms with van der Waals surface area (Å²) in [6.45, 7) is 3.40. The van der Waals surface area contributed by atoms with Gasteiger partial charge in [0, 0.05) is 17.9 Å². The van der Waals surface area contributed by atoms with Crippen LogP contribution < -0.4 is 22.9 Å². The molecule has 2 aliphatic rings. The molecule has 1 amide bonds. The Labute approximate surface area is 324 Å². The summed E-state index contributed by atoms with van der Waals surface area (Å²) < 4.78 is 59.7. The molecule has 0 aromatic carbocycles. The van der Waals surface area contributed by atoms with Crippen LogP contribution in [-0.4, -0.2) is 116 Å². The number of carbonyl (C=O) groups excluding carboxylic acids is 2. The maximum absolute atomic E-state index is 13.6. The summed E-state index contributed by atoms with van der Waals surface area (Å²) in [6, 6.07) is 1.27. The molecule has 3 aromatic rings. The molecule has 11 atom stereocenters. The number of nitrogens with zero attached hydrogens (tertiary/aromatic N) is 6. The molecular formula is C28H39N9O15P2S2. The first kappa shape index (κ1) is 43.6. The van der Waals surface area contributed by atoms with Crippen molar-refractivity contribution < 1.29 is 66.3 Å². The van der Waals surface area contributed by atoms with Crippen molar-refractivity contribution >= 4 is 71.9 Å². The molecule has 2 fully saturated rings. The molecule has 0 spiro atoms. The van der Waals surface area contributed by atoms with Crippen LogP contribution in [0.4, 0.5) is 11.6 Å². The number of amides is 1. The number of phosphoric acid groups is 2. The number of esters is 1. The normalized spacial score (nSPS) is 26.7. The summed E-state index contributed by atoms with van der Waals surface area (Å²) in [5, 5.41) is 10.9. The van der Waals surface area contributed by atoms with E-state index in [4.69, 9.17) is 40.5 Å². The zero-order valence-corrected chi connectivity index (χ0v) is 32.8. The van der Waals surface area contributed by atoms with Crippen LogP contribution in [0.15, 0.2) is 42.4 Å². The van der Waals surface area contributed by atoms with Crippen molar-refractivity contribution in [3.05, 3.63) is 48.1 Å². The summed E-state index contributed by atoms with van der Waals surface area (Å²) in [6.07, 6.45) is -3.89. The molecule has 4 unspecified atom stereocenters. The van der Waals surface area contributed by atoms with E-state index in [1.165, 1.54) is 57.7 Å². The van der Waals surface area contributed by atoms with Crippen molar-refractivity contribution in [3.8, 4) is 0 Å². The molecule has 3 aromatic heterocycles. The highest BCUT2D eigenvalue weighted by Crippen LogP contribution is 2.50. The number of imidazole rings is 1. The van der Waals surface area contributed by atoms with E-state index < -0.39 is 106 Å². The van der Waals surface area contributed by atoms with Gasteiger partial charge in [-0.3, -0.25) is 32.3 Å². The molecule has 10 N–H and O–H groups in total. The van der Waals surface area contributed by atoms with Crippen LogP contribution in [0.3, 0.4) is 0 Å². The van der Waals surface area contributed by atoms with E-state index in [2.05, 4.69) is 31.0 Å². The predicted octanol–water partition coefficient (Wildman–Crippen LogP) is -0.380. The third-order valence-electron chi connectivity index (χ3n) is 8.68. The third-order valence-corrected chi connectivity index (χ3v) is 12.3. The number of rotatable bonds is 18. The standard InChI is InChI=1S/C28H39N9O15P2S2/c1-4-16(56-55-3)19(24(31)39)12(2)27(40)51-22-15(50-26(21(22)38)37-11-34-20-23(30)32-10-33-25(20)37)9-48-54(45,46)52-13-7-18(36-6-5-17(29)35-28(36)41)49-14(13)8-47-53(42,43)44/h4-6,10-16,18-19,21-22,26,38H,1,7-9H2,2-3H3,(H2,31,39)(H,45,46)(H2,29,35,41)(H2,30,32,33)(H2,42,43,44)/t12?,13-,14+,15+,16?,18+,19?,21+,22+,26+/m0/s1. The van der Waals surface area contributed by atoms with Crippen LogP contribution in [0, 0.1) is 11.8 Å². The van der Waals surface area contributed by atoms with Gasteiger partial charge in [-0.1, -0.05) is 34.6 Å². The van der Waals surface area contributed by atoms with Crippen LogP contribution in [0.5, 0.6) is 0 Å². The highest BCUT2D eigenvalue weighted by atomic mass is 33.1. The molecule has 0 aliphatic carbocycles. The summed E-state index contributed by atoms with van der Waals surface area (Å²) >= 11 is 0. The number of aromatic nitrogens is 6. The second kappa shape index (κ2) is 18.0. The number of phosphoric ester groups is 2. The van der Waals surface area contributed by atoms with Gasteiger partial charge in [0.05, 0.1) is 31.4 Å². The van der Waals surface area contributed by atoms with Gasteiger partial charge < -0.3 is 51.2 Å². The molecule has 0 bridgehead atoms. The molecule has 5 rings (SSSR count). The van der Waals surface area contributed by atoms with E-state index in [1.807, 2.05) is 0 Å². The molecule has 24 nitrogen and oxygen atoms in total. The summed E-state index contributed by atoms with van der Waals surface area (Å²) in [5.74, 6) is -4.17. The third kappa shape index (κ3) is 10.1. The first-order chi connectivity index (χ1) is 26.3. The Morgan fingerprint density at radius 2 is 1.84 bits per heavy atom. The SMILES string of the molecule is C=CC(SSC)C(C(N)=O)C(C)C(=O)O[C@H]1[C@@H](O)[C@H](n2cnc3c(N)ncnc32)O[C@@H]1COP(=O)(O)O[C@H]1C[C@H](n2ccc(N)nc2=O)O[C@@H]1COP(=O)(O)O. The molecule has 0 radical (unpaired) electrons. The van der Waals surface area contributed by atoms with Gasteiger partial charge in [-0.25, -0.2) is 28.9 Å². The number of ether oxygens (including phenoxy) is 3. The Balaban J connectivity index is 1.38. The van der Waals surface area contributed by atoms with E-state index in [0.717, 1.165) is 10.9 Å². The number of hydrogen-bond acceptors (Lipinski definition) is 20. The molecule has 0 saturated carbocycles. The predicted molar refractivity (Wildman–Crippen MR) is 197 cm³/mol. The van der Waals surface area contributed by atoms with Gasteiger partial charge in [0.2, 0.25) is 5.91 Å². The average molecular weight is 868 g/mol. The largest absolute Gasteiger partial charge is 0.472 e. The van der Waals surface area contributed by atoms with Gasteiger partial charge >= 0.3 is 27.3 Å². The monoisotopic (exact) mass is 867 g/mol. The van der Waals surface area contributed by atoms with Crippen molar-refractivity contribution in [2.75, 3.05) is 30.9 Å². The summed E-state index contributed by atoms with van der Waals surface area (Å²) in [4.78, 5) is 83.7. The Hall–Kier alpha value is -3.49. The van der Waals surface area contributed by atoms with E-state index >= 15 is 0 Å². The number of nitrogens with two attached hydrogens (primary N) is 3. The minimum Gasteiger partial charge on any atom is -0.456 e. The second-order valence-electron chi connectivity index (χ2n) is 12.3. The van der Waals surface area contributed by atoms with E-state index in [0.29, 0.717) is 0 Å². The average Bonchev–Trinajstić information content (AvgIpc) is 3.81. The fraction of sp³-hybridized carbons (Fsp3) is 0.536. The number of aliphatic hydroxyl groups excluding tert-OH is 1. The van der Waals surface area contributed by atoms with E-state index in [9.17, 15) is 43.3 Å². The van der Waals surface area contributed by atoms with Crippen LogP contribution in [0.1, 0.15) is 25.8 Å². The highest BCUT2D eigenvalue weighted by molar-refractivity contribution is 8.76. The maximum atomic E-state index is 13.6. The van der Waals surface area contributed by atoms with Crippen molar-refractivity contribution in [1.82, 2.24) is 29.1 Å². The molecule has 28 heteroatoms. The van der Waals surface area contributed by atoms with E-state index in [-0.39, 0.29) is 29.2 Å². The quantitative estimate of drug-likeness (QED) is 0.0371. The number of carbonyl (C=O) groups is 2. The van der Waals surface area contributed by atoms with Crippen molar-refractivity contribution in [2.24, 2.45) is 17.6 Å². The lowest BCUT2D eigenvalue weighted by molar-refractivity contribution is -0.164. The lowest BCUT2D eigenvalue weighted by Gasteiger charge is -2.28. The van der Waals surface area contributed by atoms with Gasteiger partial charge in [0.1, 0.15) is 48.3 Å². The molecule has 2 saturated heterocycles. The van der Waals surface area contributed by atoms with Crippen molar-refractivity contribution in [3.63, 3.8) is 0 Å². The zero-order chi connectivity index (χ0) is 41.1. The smallest absolute Gasteiger partial charge is 0.456 e. The van der Waals surface area contributed by atoms with Gasteiger partial charge in [-0.05, 0) is 12.3 Å². The molecule has 56 heavy (non-hydrogen) atoms. The summed E-state index contributed by atoms with van der Waals surface area (Å²) in [5.41, 5.74) is 16.5. The Kier molecular flexibility index (Phi) is 14.0. The topological polar surface area (TPSA) is 361 Å². The molecule has 308 valence electrons. The number of primary amides is 1. The van der Waals surface area contributed by atoms with Crippen LogP contribution in [0.2, 0.25) is 0 Å². The van der Waals surface area contributed by atoms with Gasteiger partial charge in [-0.15, -0.1) is 6.58 Å². The second-order valence-corrected chi connectivity index (χ2v) is 17.6. The maximum Gasteiger partial charge on any atom is 0.472 e. The zero-order valence-electron chi connectivity index (χ0n) is 29.4. The number of fused-ring (bicyclic) bond motifs is 1. The fourth-order valence-electron chi connectivity index (χ4n) is 6.04. The molecule has 2 aliphatic heterocycles. The number of hydrogen-bond donors (Lipinski definition) is 7. The first-order valence-electron chi connectivity index (χ1n) is 16.3.